The van der Waals surface area contributed by atoms with Gasteiger partial charge in [0.25, 0.3) is 0 Å². The molecule has 2 saturated heterocycles. The number of amides is 2. The highest BCUT2D eigenvalue weighted by molar-refractivity contribution is 8.32. The lowest BCUT2D eigenvalue weighted by Crippen LogP contribution is -2.38. The molecule has 1 aromatic carbocycles. The van der Waals surface area contributed by atoms with Gasteiger partial charge in [0.15, 0.2) is 0 Å². The Labute approximate surface area is 160 Å². The van der Waals surface area contributed by atoms with Gasteiger partial charge in [-0.25, -0.2) is 24.0 Å². The molecule has 1 unspecified atom stereocenters. The predicted octanol–water partition coefficient (Wildman–Crippen LogP) is 2.39. The van der Waals surface area contributed by atoms with Crippen molar-refractivity contribution in [1.82, 2.24) is 5.32 Å². The van der Waals surface area contributed by atoms with E-state index in [-0.39, 0.29) is 18.9 Å². The Kier molecular flexibility index (Phi) is 5.69. The van der Waals surface area contributed by atoms with Gasteiger partial charge < -0.3 is 19.7 Å². The Hall–Kier alpha value is -2.16. The number of nitrogens with zero attached hydrogens (tertiary/aromatic N) is 2. The van der Waals surface area contributed by atoms with Crippen LogP contribution in [0.4, 0.5) is 25.4 Å². The summed E-state index contributed by atoms with van der Waals surface area (Å²) in [7, 11) is 0.704. The molecule has 0 spiro atoms. The van der Waals surface area contributed by atoms with Crippen molar-refractivity contribution in [2.75, 3.05) is 67.1 Å². The van der Waals surface area contributed by atoms with E-state index in [0.717, 1.165) is 24.6 Å². The summed E-state index contributed by atoms with van der Waals surface area (Å²) < 4.78 is 24.4. The lowest BCUT2D eigenvalue weighted by Gasteiger charge is -2.42. The fourth-order valence-corrected chi connectivity index (χ4v) is 4.83. The number of alkyl carbamates (subject to hydrolysis) is 1. The number of hydrogen-bond donors (Lipinski definition) is 1. The van der Waals surface area contributed by atoms with Crippen LogP contribution in [0.5, 0.6) is 0 Å². The van der Waals surface area contributed by atoms with Gasteiger partial charge in [0, 0.05) is 13.1 Å². The first-order valence-electron chi connectivity index (χ1n) is 8.82. The smallest absolute Gasteiger partial charge is 0.414 e. The minimum Gasteiger partial charge on any atom is -0.453 e. The second-order valence-corrected chi connectivity index (χ2v) is 11.6. The number of cyclic esters (lactones) is 1. The lowest BCUT2D eigenvalue weighted by atomic mass is 10.2. The van der Waals surface area contributed by atoms with Crippen LogP contribution in [0.15, 0.2) is 18.2 Å². The van der Waals surface area contributed by atoms with Crippen LogP contribution < -0.4 is 15.1 Å². The quantitative estimate of drug-likeness (QED) is 0.842. The number of benzene rings is 1. The molecule has 0 aliphatic carbocycles. The summed E-state index contributed by atoms with van der Waals surface area (Å²) in [6.07, 6.45) is 2.97. The highest BCUT2D eigenvalue weighted by Crippen LogP contribution is 2.42. The topological polar surface area (TPSA) is 71.1 Å². The summed E-state index contributed by atoms with van der Waals surface area (Å²) in [5.74, 6) is 1.86. The SMILES string of the molecule is COC(=O)NCC1CN(c2ccc(N3CCS(C)(C)CC3)c(F)c2)C(=O)O1. The molecule has 0 bridgehead atoms. The number of anilines is 2. The number of nitrogens with one attached hydrogen (secondary N) is 1. The maximum atomic E-state index is 14.7. The summed E-state index contributed by atoms with van der Waals surface area (Å²) in [5.41, 5.74) is 1.02. The third-order valence-corrected chi connectivity index (χ3v) is 7.52. The van der Waals surface area contributed by atoms with Gasteiger partial charge in [0.1, 0.15) is 11.9 Å². The molecule has 2 aliphatic heterocycles. The van der Waals surface area contributed by atoms with Gasteiger partial charge in [0.05, 0.1) is 31.6 Å². The number of methoxy groups -OCH3 is 1. The van der Waals surface area contributed by atoms with Crippen molar-refractivity contribution in [3.63, 3.8) is 0 Å². The number of halogens is 1. The van der Waals surface area contributed by atoms with Crippen LogP contribution in [0.2, 0.25) is 0 Å². The van der Waals surface area contributed by atoms with E-state index in [2.05, 4.69) is 27.5 Å². The Morgan fingerprint density at radius 1 is 1.37 bits per heavy atom. The van der Waals surface area contributed by atoms with Crippen molar-refractivity contribution in [3.8, 4) is 0 Å². The van der Waals surface area contributed by atoms with Crippen molar-refractivity contribution in [3.05, 3.63) is 24.0 Å². The number of carbonyl (C=O) groups is 2. The largest absolute Gasteiger partial charge is 0.453 e. The van der Waals surface area contributed by atoms with Crippen molar-refractivity contribution in [2.45, 2.75) is 6.10 Å². The first kappa shape index (κ1) is 19.6. The molecule has 27 heavy (non-hydrogen) atoms. The molecule has 150 valence electrons. The van der Waals surface area contributed by atoms with Gasteiger partial charge in [-0.2, -0.15) is 0 Å². The van der Waals surface area contributed by atoms with Gasteiger partial charge in [-0.05, 0) is 42.2 Å². The van der Waals surface area contributed by atoms with Gasteiger partial charge in [0.2, 0.25) is 0 Å². The molecule has 1 atom stereocenters. The number of rotatable bonds is 4. The molecule has 0 saturated carbocycles. The Morgan fingerprint density at radius 3 is 2.70 bits per heavy atom. The van der Waals surface area contributed by atoms with E-state index in [1.807, 2.05) is 0 Å². The molecule has 2 heterocycles. The van der Waals surface area contributed by atoms with Gasteiger partial charge in [-0.1, -0.05) is 0 Å². The number of hydrogen-bond acceptors (Lipinski definition) is 5. The van der Waals surface area contributed by atoms with E-state index >= 15 is 0 Å². The highest BCUT2D eigenvalue weighted by Gasteiger charge is 2.33. The highest BCUT2D eigenvalue weighted by atomic mass is 32.3. The monoisotopic (exact) mass is 399 g/mol. The minimum absolute atomic E-state index is 0.140. The number of ether oxygens (including phenoxy) is 2. The van der Waals surface area contributed by atoms with E-state index in [4.69, 9.17) is 4.74 Å². The molecule has 1 N–H and O–H groups in total. The molecule has 0 radical (unpaired) electrons. The maximum Gasteiger partial charge on any atom is 0.414 e. The second-order valence-electron chi connectivity index (χ2n) is 7.29. The fourth-order valence-electron chi connectivity index (χ4n) is 3.20. The van der Waals surface area contributed by atoms with Crippen molar-refractivity contribution in [1.29, 1.82) is 0 Å². The number of carbonyl (C=O) groups excluding carboxylic acids is 2. The molecule has 0 aromatic heterocycles. The first-order chi connectivity index (χ1) is 12.8. The average molecular weight is 399 g/mol. The molecular formula is C18H26FN3O4S. The first-order valence-corrected chi connectivity index (χ1v) is 11.6. The van der Waals surface area contributed by atoms with E-state index in [0.29, 0.717) is 11.4 Å². The third kappa shape index (κ3) is 4.58. The second kappa shape index (κ2) is 7.84. The van der Waals surface area contributed by atoms with Crippen LogP contribution in [0.3, 0.4) is 0 Å². The summed E-state index contributed by atoms with van der Waals surface area (Å²) >= 11 is 0. The Morgan fingerprint density at radius 2 is 2.07 bits per heavy atom. The van der Waals surface area contributed by atoms with E-state index in [9.17, 15) is 14.0 Å². The summed E-state index contributed by atoms with van der Waals surface area (Å²) in [5, 5.41) is 2.49. The molecule has 9 heteroatoms. The zero-order chi connectivity index (χ0) is 19.6. The molecule has 2 amide bonds. The molecule has 7 nitrogen and oxygen atoms in total. The maximum absolute atomic E-state index is 14.7. The normalized spacial score (nSPS) is 23.0. The Bertz CT molecular complexity index is 721. The van der Waals surface area contributed by atoms with Crippen LogP contribution >= 0.6 is 10.0 Å². The zero-order valence-corrected chi connectivity index (χ0v) is 16.7. The third-order valence-electron chi connectivity index (χ3n) is 4.94. The summed E-state index contributed by atoms with van der Waals surface area (Å²) in [6, 6.07) is 4.84. The van der Waals surface area contributed by atoms with Gasteiger partial charge in [-0.15, -0.1) is 0 Å². The van der Waals surface area contributed by atoms with Gasteiger partial charge in [-0.3, -0.25) is 4.90 Å². The predicted molar refractivity (Wildman–Crippen MR) is 106 cm³/mol. The minimum atomic E-state index is -0.591. The van der Waals surface area contributed by atoms with Crippen LogP contribution in [0.25, 0.3) is 0 Å². The van der Waals surface area contributed by atoms with Crippen molar-refractivity contribution < 1.29 is 23.5 Å². The van der Waals surface area contributed by atoms with E-state index in [1.54, 1.807) is 12.1 Å². The fraction of sp³-hybridized carbons (Fsp3) is 0.556. The molecule has 2 fully saturated rings. The van der Waals surface area contributed by atoms with Crippen LogP contribution in [0, 0.1) is 5.82 Å². The van der Waals surface area contributed by atoms with E-state index in [1.165, 1.54) is 18.1 Å². The van der Waals surface area contributed by atoms with Crippen LogP contribution in [-0.2, 0) is 9.47 Å². The summed E-state index contributed by atoms with van der Waals surface area (Å²) in [4.78, 5) is 26.7. The molecular weight excluding hydrogens is 373 g/mol. The van der Waals surface area contributed by atoms with Crippen LogP contribution in [-0.4, -0.2) is 75.6 Å². The van der Waals surface area contributed by atoms with Crippen molar-refractivity contribution in [2.24, 2.45) is 0 Å². The van der Waals surface area contributed by atoms with Crippen molar-refractivity contribution >= 4 is 33.6 Å². The Balaban J connectivity index is 1.65. The average Bonchev–Trinajstić information content (AvgIpc) is 3.01. The zero-order valence-electron chi connectivity index (χ0n) is 15.9. The molecule has 2 aliphatic rings. The van der Waals surface area contributed by atoms with E-state index < -0.39 is 28.3 Å². The standard InChI is InChI=1S/C18H26FN3O4S/c1-25-17(23)20-11-14-12-22(18(24)26-14)13-4-5-16(15(19)10-13)21-6-8-27(2,3)9-7-21/h4-5,10,14H,6-9,11-12H2,1-3H3,(H,20,23). The van der Waals surface area contributed by atoms with Gasteiger partial charge >= 0.3 is 12.2 Å². The summed E-state index contributed by atoms with van der Waals surface area (Å²) in [6.45, 7) is 2.08. The lowest BCUT2D eigenvalue weighted by molar-refractivity contribution is 0.132. The molecule has 1 aromatic rings. The molecule has 3 rings (SSSR count). The van der Waals surface area contributed by atoms with Crippen LogP contribution in [0.1, 0.15) is 0 Å².